The maximum absolute atomic E-state index is 12.7. The summed E-state index contributed by atoms with van der Waals surface area (Å²) in [7, 11) is 0. The highest BCUT2D eigenvalue weighted by Crippen LogP contribution is 2.13. The highest BCUT2D eigenvalue weighted by Gasteiger charge is 2.23. The van der Waals surface area contributed by atoms with Crippen LogP contribution < -0.4 is 5.32 Å². The SMILES string of the molecule is Cc1cc(C)n2nc(C(=O)N[C@H]3CCCN(CCc4ccccc4)C3)cc2n1. The molecule has 3 heterocycles. The zero-order chi connectivity index (χ0) is 19.5. The first-order chi connectivity index (χ1) is 13.6. The third kappa shape index (κ3) is 4.22. The van der Waals surface area contributed by atoms with Gasteiger partial charge in [-0.05, 0) is 51.3 Å². The van der Waals surface area contributed by atoms with Crippen LogP contribution in [-0.2, 0) is 6.42 Å². The molecule has 28 heavy (non-hydrogen) atoms. The Bertz CT molecular complexity index is 966. The van der Waals surface area contributed by atoms with Crippen LogP contribution >= 0.6 is 0 Å². The number of nitrogens with zero attached hydrogens (tertiary/aromatic N) is 4. The van der Waals surface area contributed by atoms with Crippen molar-refractivity contribution in [2.45, 2.75) is 39.2 Å². The van der Waals surface area contributed by atoms with Gasteiger partial charge in [0.15, 0.2) is 11.3 Å². The molecule has 0 spiro atoms. The maximum Gasteiger partial charge on any atom is 0.272 e. The predicted octanol–water partition coefficient (Wildman–Crippen LogP) is 2.78. The number of benzene rings is 1. The number of likely N-dealkylation sites (tertiary alicyclic amines) is 1. The molecule has 0 saturated carbocycles. The van der Waals surface area contributed by atoms with Crippen molar-refractivity contribution < 1.29 is 4.79 Å². The van der Waals surface area contributed by atoms with Crippen LogP contribution in [0.5, 0.6) is 0 Å². The molecule has 6 nitrogen and oxygen atoms in total. The quantitative estimate of drug-likeness (QED) is 0.743. The molecule has 0 unspecified atom stereocenters. The Morgan fingerprint density at radius 2 is 2.04 bits per heavy atom. The lowest BCUT2D eigenvalue weighted by atomic mass is 10.0. The smallest absolute Gasteiger partial charge is 0.272 e. The van der Waals surface area contributed by atoms with Crippen LogP contribution in [-0.4, -0.2) is 51.1 Å². The fraction of sp³-hybridized carbons (Fsp3) is 0.409. The van der Waals surface area contributed by atoms with E-state index in [4.69, 9.17) is 0 Å². The van der Waals surface area contributed by atoms with Crippen LogP contribution in [0.15, 0.2) is 42.5 Å². The molecule has 1 N–H and O–H groups in total. The fourth-order valence-corrected chi connectivity index (χ4v) is 3.97. The summed E-state index contributed by atoms with van der Waals surface area (Å²) in [5.74, 6) is -0.113. The second-order valence-electron chi connectivity index (χ2n) is 7.69. The number of rotatable bonds is 5. The standard InChI is InChI=1S/C22H27N5O/c1-16-13-17(2)27-21(23-16)14-20(25-27)22(28)24-19-9-6-11-26(15-19)12-10-18-7-4-3-5-8-18/h3-5,7-8,13-14,19H,6,9-12,15H2,1-2H3,(H,24,28)/t19-/m0/s1. The molecule has 0 aliphatic carbocycles. The van der Waals surface area contributed by atoms with Crippen molar-refractivity contribution in [2.24, 2.45) is 0 Å². The first-order valence-electron chi connectivity index (χ1n) is 9.99. The van der Waals surface area contributed by atoms with Gasteiger partial charge in [0.25, 0.3) is 5.91 Å². The Labute approximate surface area is 165 Å². The second kappa shape index (κ2) is 8.10. The van der Waals surface area contributed by atoms with Gasteiger partial charge in [0.05, 0.1) is 0 Å². The molecule has 1 aliphatic heterocycles. The molecule has 4 rings (SSSR count). The third-order valence-corrected chi connectivity index (χ3v) is 5.37. The van der Waals surface area contributed by atoms with Crippen molar-refractivity contribution in [2.75, 3.05) is 19.6 Å². The predicted molar refractivity (Wildman–Crippen MR) is 110 cm³/mol. The molecule has 3 aromatic rings. The number of hydrogen-bond donors (Lipinski definition) is 1. The van der Waals surface area contributed by atoms with Gasteiger partial charge in [0, 0.05) is 36.6 Å². The van der Waals surface area contributed by atoms with Gasteiger partial charge in [0.2, 0.25) is 0 Å². The molecule has 1 aliphatic rings. The van der Waals surface area contributed by atoms with E-state index in [1.54, 1.807) is 10.6 Å². The van der Waals surface area contributed by atoms with Crippen LogP contribution in [0.3, 0.4) is 0 Å². The number of piperidine rings is 1. The van der Waals surface area contributed by atoms with E-state index in [2.05, 4.69) is 44.6 Å². The first-order valence-corrected chi connectivity index (χ1v) is 9.99. The molecular formula is C22H27N5O. The van der Waals surface area contributed by atoms with Crippen molar-refractivity contribution in [1.82, 2.24) is 24.8 Å². The van der Waals surface area contributed by atoms with Crippen LogP contribution in [0.25, 0.3) is 5.65 Å². The molecule has 1 fully saturated rings. The minimum absolute atomic E-state index is 0.113. The van der Waals surface area contributed by atoms with E-state index in [9.17, 15) is 4.79 Å². The van der Waals surface area contributed by atoms with Crippen molar-refractivity contribution in [3.63, 3.8) is 0 Å². The largest absolute Gasteiger partial charge is 0.347 e. The average Bonchev–Trinajstić information content (AvgIpc) is 3.12. The molecule has 1 aromatic carbocycles. The van der Waals surface area contributed by atoms with Gasteiger partial charge in [-0.1, -0.05) is 30.3 Å². The molecule has 146 valence electrons. The normalized spacial score (nSPS) is 17.7. The molecule has 0 bridgehead atoms. The monoisotopic (exact) mass is 377 g/mol. The summed E-state index contributed by atoms with van der Waals surface area (Å²) >= 11 is 0. The summed E-state index contributed by atoms with van der Waals surface area (Å²) in [5, 5.41) is 7.62. The van der Waals surface area contributed by atoms with Crippen molar-refractivity contribution in [1.29, 1.82) is 0 Å². The average molecular weight is 377 g/mol. The lowest BCUT2D eigenvalue weighted by Crippen LogP contribution is -2.48. The molecular weight excluding hydrogens is 350 g/mol. The van der Waals surface area contributed by atoms with Crippen LogP contribution in [0, 0.1) is 13.8 Å². The Morgan fingerprint density at radius 3 is 2.86 bits per heavy atom. The van der Waals surface area contributed by atoms with E-state index in [1.165, 1.54) is 5.56 Å². The first kappa shape index (κ1) is 18.6. The molecule has 1 saturated heterocycles. The molecule has 0 radical (unpaired) electrons. The molecule has 1 amide bonds. The second-order valence-corrected chi connectivity index (χ2v) is 7.69. The molecule has 2 aromatic heterocycles. The number of fused-ring (bicyclic) bond motifs is 1. The number of aromatic nitrogens is 3. The Balaban J connectivity index is 1.37. The van der Waals surface area contributed by atoms with E-state index in [0.29, 0.717) is 5.69 Å². The van der Waals surface area contributed by atoms with Gasteiger partial charge >= 0.3 is 0 Å². The zero-order valence-electron chi connectivity index (χ0n) is 16.6. The Hall–Kier alpha value is -2.73. The van der Waals surface area contributed by atoms with Crippen molar-refractivity contribution in [3.05, 3.63) is 65.1 Å². The third-order valence-electron chi connectivity index (χ3n) is 5.37. The van der Waals surface area contributed by atoms with E-state index >= 15 is 0 Å². The zero-order valence-corrected chi connectivity index (χ0v) is 16.6. The van der Waals surface area contributed by atoms with Gasteiger partial charge in [-0.2, -0.15) is 5.10 Å². The summed E-state index contributed by atoms with van der Waals surface area (Å²) in [6.07, 6.45) is 3.15. The van der Waals surface area contributed by atoms with Crippen LogP contribution in [0.1, 0.15) is 40.3 Å². The van der Waals surface area contributed by atoms with Gasteiger partial charge in [-0.15, -0.1) is 0 Å². The summed E-state index contributed by atoms with van der Waals surface area (Å²) in [6.45, 7) is 6.93. The molecule has 1 atom stereocenters. The van der Waals surface area contributed by atoms with Gasteiger partial charge < -0.3 is 10.2 Å². The lowest BCUT2D eigenvalue weighted by molar-refractivity contribution is 0.0899. The Kier molecular flexibility index (Phi) is 5.39. The highest BCUT2D eigenvalue weighted by molar-refractivity contribution is 5.93. The van der Waals surface area contributed by atoms with E-state index in [0.717, 1.165) is 55.9 Å². The summed E-state index contributed by atoms with van der Waals surface area (Å²) < 4.78 is 1.73. The fourth-order valence-electron chi connectivity index (χ4n) is 3.97. The van der Waals surface area contributed by atoms with E-state index < -0.39 is 0 Å². The summed E-state index contributed by atoms with van der Waals surface area (Å²) in [4.78, 5) is 19.6. The number of carbonyl (C=O) groups is 1. The summed E-state index contributed by atoms with van der Waals surface area (Å²) in [5.41, 5.74) is 4.42. The van der Waals surface area contributed by atoms with Crippen LogP contribution in [0.4, 0.5) is 0 Å². The van der Waals surface area contributed by atoms with E-state index in [1.807, 2.05) is 26.0 Å². The van der Waals surface area contributed by atoms with Crippen LogP contribution in [0.2, 0.25) is 0 Å². The van der Waals surface area contributed by atoms with Gasteiger partial charge in [0.1, 0.15) is 0 Å². The molecule has 6 heteroatoms. The number of nitrogens with one attached hydrogen (secondary N) is 1. The maximum atomic E-state index is 12.7. The topological polar surface area (TPSA) is 62.5 Å². The van der Waals surface area contributed by atoms with E-state index in [-0.39, 0.29) is 11.9 Å². The number of hydrogen-bond acceptors (Lipinski definition) is 4. The minimum Gasteiger partial charge on any atom is -0.347 e. The minimum atomic E-state index is -0.113. The number of carbonyl (C=O) groups excluding carboxylic acids is 1. The highest BCUT2D eigenvalue weighted by atomic mass is 16.2. The van der Waals surface area contributed by atoms with Gasteiger partial charge in [-0.3, -0.25) is 4.79 Å². The van der Waals surface area contributed by atoms with Crippen molar-refractivity contribution in [3.8, 4) is 0 Å². The number of aryl methyl sites for hydroxylation is 2. The van der Waals surface area contributed by atoms with Crippen molar-refractivity contribution >= 4 is 11.6 Å². The Morgan fingerprint density at radius 1 is 1.21 bits per heavy atom. The lowest BCUT2D eigenvalue weighted by Gasteiger charge is -2.33. The number of amides is 1. The summed E-state index contributed by atoms with van der Waals surface area (Å²) in [6, 6.07) is 14.5. The van der Waals surface area contributed by atoms with Gasteiger partial charge in [-0.25, -0.2) is 9.50 Å².